The third kappa shape index (κ3) is 2.64. The van der Waals surface area contributed by atoms with Gasteiger partial charge in [0.15, 0.2) is 6.04 Å². The van der Waals surface area contributed by atoms with Crippen molar-refractivity contribution in [3.63, 3.8) is 0 Å². The number of urea groups is 1. The van der Waals surface area contributed by atoms with Gasteiger partial charge in [-0.05, 0) is 59.3 Å². The number of fused-ring (bicyclic) bond motifs is 3. The van der Waals surface area contributed by atoms with Crippen molar-refractivity contribution in [2.45, 2.75) is 13.0 Å². The predicted octanol–water partition coefficient (Wildman–Crippen LogP) is 4.67. The van der Waals surface area contributed by atoms with Crippen LogP contribution < -0.4 is 14.5 Å². The Morgan fingerprint density at radius 1 is 1.15 bits per heavy atom. The molecule has 0 bridgehead atoms. The van der Waals surface area contributed by atoms with Crippen LogP contribution in [0.1, 0.15) is 6.92 Å². The second-order valence-corrected chi connectivity index (χ2v) is 7.50. The topological polar surface area (TPSA) is 62.2 Å². The van der Waals surface area contributed by atoms with Crippen LogP contribution in [0.3, 0.4) is 0 Å². The third-order valence-corrected chi connectivity index (χ3v) is 5.29. The number of rotatable bonds is 3. The Hall–Kier alpha value is -2.19. The van der Waals surface area contributed by atoms with Crippen LogP contribution in [0.2, 0.25) is 0 Å². The molecule has 132 valence electrons. The number of carbonyl (C=O) groups excluding carboxylic acids is 2. The van der Waals surface area contributed by atoms with E-state index in [4.69, 9.17) is 4.74 Å². The smallest absolute Gasteiger partial charge is 0.337 e. The van der Waals surface area contributed by atoms with E-state index in [1.165, 1.54) is 16.0 Å². The summed E-state index contributed by atoms with van der Waals surface area (Å²) >= 11 is 6.83. The van der Waals surface area contributed by atoms with Crippen molar-refractivity contribution in [3.8, 4) is 5.75 Å². The Morgan fingerprint density at radius 2 is 1.96 bits per heavy atom. The number of hydrogen-bond donors (Lipinski definition) is 0. The highest BCUT2D eigenvalue weighted by atomic mass is 79.9. The summed E-state index contributed by atoms with van der Waals surface area (Å²) in [5, 5.41) is 0. The number of anilines is 2. The zero-order valence-corrected chi connectivity index (χ0v) is 16.8. The zero-order chi connectivity index (χ0) is 18.4. The average Bonchev–Trinajstić information content (AvgIpc) is 2.88. The van der Waals surface area contributed by atoms with Crippen LogP contribution in [-0.4, -0.2) is 30.8 Å². The molecule has 2 aromatic carbocycles. The lowest BCUT2D eigenvalue weighted by atomic mass is 10.1. The van der Waals surface area contributed by atoms with E-state index < -0.39 is 12.1 Å². The minimum atomic E-state index is -0.741. The van der Waals surface area contributed by atoms with Gasteiger partial charge in [-0.3, -0.25) is 14.7 Å². The van der Waals surface area contributed by atoms with E-state index in [2.05, 4.69) is 36.9 Å². The fourth-order valence-electron chi connectivity index (χ4n) is 3.04. The van der Waals surface area contributed by atoms with Crippen LogP contribution in [0.25, 0.3) is 0 Å². The molecule has 1 atom stereocenters. The number of hydrogen-bond acceptors (Lipinski definition) is 4. The fraction of sp³-hybridized carbons (Fsp3) is 0.167. The first kappa shape index (κ1) is 17.2. The van der Waals surface area contributed by atoms with Crippen molar-refractivity contribution in [2.24, 2.45) is 4.99 Å². The summed E-state index contributed by atoms with van der Waals surface area (Å²) in [6, 6.07) is 9.44. The van der Waals surface area contributed by atoms with E-state index in [1.54, 1.807) is 30.3 Å². The van der Waals surface area contributed by atoms with Crippen molar-refractivity contribution in [1.29, 1.82) is 0 Å². The molecule has 0 N–H and O–H groups in total. The molecule has 1 saturated heterocycles. The second kappa shape index (κ2) is 6.51. The van der Waals surface area contributed by atoms with Crippen molar-refractivity contribution >= 4 is 67.1 Å². The number of nitrogens with zero attached hydrogens (tertiary/aromatic N) is 3. The Kier molecular flexibility index (Phi) is 4.32. The molecular weight excluding hydrogens is 466 g/mol. The monoisotopic (exact) mass is 477 g/mol. The van der Waals surface area contributed by atoms with E-state index in [-0.39, 0.29) is 5.91 Å². The van der Waals surface area contributed by atoms with Crippen LogP contribution in [0.4, 0.5) is 21.9 Å². The number of imide groups is 1. The standard InChI is InChI=1S/C18H13Br2N3O3/c1-2-26-16-6-4-11(8-12(16)20)22-17(24)15-9-21-13-5-3-10(19)7-14(13)23(15)18(22)25/h3-9,15H,2H2,1H3. The highest BCUT2D eigenvalue weighted by Crippen LogP contribution is 2.40. The maximum atomic E-state index is 13.1. The molecule has 0 radical (unpaired) electrons. The highest BCUT2D eigenvalue weighted by Gasteiger charge is 2.48. The summed E-state index contributed by atoms with van der Waals surface area (Å²) in [6.07, 6.45) is 1.51. The number of benzene rings is 2. The van der Waals surface area contributed by atoms with Gasteiger partial charge in [-0.25, -0.2) is 9.69 Å². The van der Waals surface area contributed by atoms with Crippen molar-refractivity contribution in [2.75, 3.05) is 16.4 Å². The van der Waals surface area contributed by atoms with Crippen molar-refractivity contribution in [1.82, 2.24) is 0 Å². The Balaban J connectivity index is 1.75. The normalized spacial score (nSPS) is 18.2. The molecule has 6 nitrogen and oxygen atoms in total. The number of ether oxygens (including phenoxy) is 1. The van der Waals surface area contributed by atoms with E-state index in [0.717, 1.165) is 4.47 Å². The van der Waals surface area contributed by atoms with Gasteiger partial charge >= 0.3 is 6.03 Å². The molecule has 2 heterocycles. The van der Waals surface area contributed by atoms with Gasteiger partial charge in [-0.1, -0.05) is 15.9 Å². The Morgan fingerprint density at radius 3 is 2.69 bits per heavy atom. The molecule has 26 heavy (non-hydrogen) atoms. The molecule has 0 saturated carbocycles. The average molecular weight is 479 g/mol. The SMILES string of the molecule is CCOc1ccc(N2C(=O)C3C=Nc4ccc(Br)cc4N3C2=O)cc1Br. The maximum Gasteiger partial charge on any atom is 0.337 e. The zero-order valence-electron chi connectivity index (χ0n) is 13.6. The lowest BCUT2D eigenvalue weighted by molar-refractivity contribution is -0.116. The molecule has 4 rings (SSSR count). The van der Waals surface area contributed by atoms with Gasteiger partial charge in [0.25, 0.3) is 5.91 Å². The first-order valence-corrected chi connectivity index (χ1v) is 9.53. The van der Waals surface area contributed by atoms with Gasteiger partial charge in [-0.2, -0.15) is 0 Å². The molecule has 8 heteroatoms. The van der Waals surface area contributed by atoms with Crippen LogP contribution >= 0.6 is 31.9 Å². The van der Waals surface area contributed by atoms with Gasteiger partial charge in [0, 0.05) is 10.7 Å². The second-order valence-electron chi connectivity index (χ2n) is 5.73. The van der Waals surface area contributed by atoms with Gasteiger partial charge < -0.3 is 4.74 Å². The van der Waals surface area contributed by atoms with Gasteiger partial charge in [-0.15, -0.1) is 0 Å². The highest BCUT2D eigenvalue weighted by molar-refractivity contribution is 9.10. The Bertz CT molecular complexity index is 961. The first-order valence-electron chi connectivity index (χ1n) is 7.94. The van der Waals surface area contributed by atoms with E-state index in [0.29, 0.717) is 33.9 Å². The summed E-state index contributed by atoms with van der Waals surface area (Å²) in [5.74, 6) is 0.323. The molecule has 0 aromatic heterocycles. The molecule has 0 aliphatic carbocycles. The molecule has 0 spiro atoms. The maximum absolute atomic E-state index is 13.1. The largest absolute Gasteiger partial charge is 0.493 e. The van der Waals surface area contributed by atoms with Crippen LogP contribution in [0, 0.1) is 0 Å². The van der Waals surface area contributed by atoms with Crippen LogP contribution in [0.5, 0.6) is 5.75 Å². The van der Waals surface area contributed by atoms with Gasteiger partial charge in [0.05, 0.1) is 28.1 Å². The quantitative estimate of drug-likeness (QED) is 0.602. The molecule has 1 unspecified atom stereocenters. The molecule has 3 amide bonds. The summed E-state index contributed by atoms with van der Waals surface area (Å²) in [6.45, 7) is 2.41. The Labute approximate surface area is 166 Å². The summed E-state index contributed by atoms with van der Waals surface area (Å²) < 4.78 is 6.98. The molecular formula is C18H13Br2N3O3. The number of amides is 3. The van der Waals surface area contributed by atoms with E-state index in [9.17, 15) is 9.59 Å². The summed E-state index contributed by atoms with van der Waals surface area (Å²) in [5.41, 5.74) is 1.74. The van der Waals surface area contributed by atoms with E-state index >= 15 is 0 Å². The molecule has 2 aliphatic heterocycles. The van der Waals surface area contributed by atoms with Gasteiger partial charge in [0.1, 0.15) is 5.75 Å². The molecule has 2 aromatic rings. The fourth-order valence-corrected chi connectivity index (χ4v) is 3.87. The van der Waals surface area contributed by atoms with Crippen molar-refractivity contribution in [3.05, 3.63) is 45.3 Å². The molecule has 1 fully saturated rings. The minimum Gasteiger partial charge on any atom is -0.493 e. The predicted molar refractivity (Wildman–Crippen MR) is 107 cm³/mol. The van der Waals surface area contributed by atoms with Gasteiger partial charge in [0.2, 0.25) is 0 Å². The van der Waals surface area contributed by atoms with Crippen LogP contribution in [0.15, 0.2) is 50.3 Å². The summed E-state index contributed by atoms with van der Waals surface area (Å²) in [4.78, 5) is 32.9. The number of carbonyl (C=O) groups is 2. The third-order valence-electron chi connectivity index (χ3n) is 4.17. The lowest BCUT2D eigenvalue weighted by Crippen LogP contribution is -2.38. The lowest BCUT2D eigenvalue weighted by Gasteiger charge is -2.24. The number of halogens is 2. The van der Waals surface area contributed by atoms with Crippen molar-refractivity contribution < 1.29 is 14.3 Å². The minimum absolute atomic E-state index is 0.333. The van der Waals surface area contributed by atoms with Crippen LogP contribution in [-0.2, 0) is 4.79 Å². The first-order chi connectivity index (χ1) is 12.5. The van der Waals surface area contributed by atoms with E-state index in [1.807, 2.05) is 13.0 Å². The number of aliphatic imine (C=N–C) groups is 1. The summed E-state index contributed by atoms with van der Waals surface area (Å²) in [7, 11) is 0. The molecule has 2 aliphatic rings.